The topological polar surface area (TPSA) is 78.9 Å². The highest BCUT2D eigenvalue weighted by molar-refractivity contribution is 6.03. The minimum atomic E-state index is -0.640. The van der Waals surface area contributed by atoms with Gasteiger partial charge in [-0.25, -0.2) is 9.59 Å². The van der Waals surface area contributed by atoms with Gasteiger partial charge in [0, 0.05) is 6.42 Å². The van der Waals surface area contributed by atoms with Crippen molar-refractivity contribution in [3.63, 3.8) is 0 Å². The maximum Gasteiger partial charge on any atom is 0.338 e. The van der Waals surface area contributed by atoms with E-state index in [0.717, 1.165) is 11.1 Å². The van der Waals surface area contributed by atoms with Crippen molar-refractivity contribution in [2.45, 2.75) is 19.4 Å². The molecule has 2 aromatic rings. The molecule has 0 N–H and O–H groups in total. The normalized spacial score (nSPS) is 10.1. The van der Waals surface area contributed by atoms with E-state index in [-0.39, 0.29) is 30.1 Å². The van der Waals surface area contributed by atoms with Crippen LogP contribution in [0.3, 0.4) is 0 Å². The Balaban J connectivity index is 1.99. The van der Waals surface area contributed by atoms with E-state index in [2.05, 4.69) is 4.74 Å². The molecule has 2 aromatic carbocycles. The summed E-state index contributed by atoms with van der Waals surface area (Å²) in [6, 6.07) is 14.1. The van der Waals surface area contributed by atoms with E-state index in [1.54, 1.807) is 6.07 Å². The van der Waals surface area contributed by atoms with E-state index < -0.39 is 11.9 Å². The third-order valence-electron chi connectivity index (χ3n) is 3.76. The highest BCUT2D eigenvalue weighted by atomic mass is 16.5. The number of benzene rings is 2. The van der Waals surface area contributed by atoms with Crippen molar-refractivity contribution in [3.05, 3.63) is 70.8 Å². The van der Waals surface area contributed by atoms with Gasteiger partial charge in [-0.15, -0.1) is 0 Å². The van der Waals surface area contributed by atoms with Crippen molar-refractivity contribution < 1.29 is 28.6 Å². The zero-order chi connectivity index (χ0) is 18.9. The van der Waals surface area contributed by atoms with Crippen LogP contribution in [0.25, 0.3) is 0 Å². The lowest BCUT2D eigenvalue weighted by Gasteiger charge is -2.09. The van der Waals surface area contributed by atoms with Crippen LogP contribution in [-0.2, 0) is 32.0 Å². The van der Waals surface area contributed by atoms with Crippen molar-refractivity contribution in [2.75, 3.05) is 14.2 Å². The number of carbonyl (C=O) groups excluding carboxylic acids is 3. The molecule has 0 unspecified atom stereocenters. The van der Waals surface area contributed by atoms with Gasteiger partial charge in [0.1, 0.15) is 6.61 Å². The minimum absolute atomic E-state index is 0.106. The van der Waals surface area contributed by atoms with E-state index in [4.69, 9.17) is 9.47 Å². The molecule has 0 saturated carbocycles. The third-order valence-corrected chi connectivity index (χ3v) is 3.76. The Hall–Kier alpha value is -3.15. The van der Waals surface area contributed by atoms with Crippen LogP contribution >= 0.6 is 0 Å². The molecule has 6 nitrogen and oxygen atoms in total. The van der Waals surface area contributed by atoms with Gasteiger partial charge < -0.3 is 14.2 Å². The fourth-order valence-electron chi connectivity index (χ4n) is 2.37. The molecule has 0 radical (unpaired) electrons. The van der Waals surface area contributed by atoms with Crippen LogP contribution in [0.4, 0.5) is 0 Å². The van der Waals surface area contributed by atoms with Gasteiger partial charge in [0.05, 0.1) is 25.3 Å². The van der Waals surface area contributed by atoms with Gasteiger partial charge in [-0.1, -0.05) is 36.4 Å². The predicted molar refractivity (Wildman–Crippen MR) is 93.7 cm³/mol. The minimum Gasteiger partial charge on any atom is -0.465 e. The number of methoxy groups -OCH3 is 2. The third kappa shape index (κ3) is 5.17. The molecule has 0 aromatic heterocycles. The Morgan fingerprint density at radius 2 is 1.46 bits per heavy atom. The summed E-state index contributed by atoms with van der Waals surface area (Å²) >= 11 is 0. The second-order valence-electron chi connectivity index (χ2n) is 5.51. The molecule has 0 saturated heterocycles. The smallest absolute Gasteiger partial charge is 0.338 e. The molecule has 136 valence electrons. The van der Waals surface area contributed by atoms with Gasteiger partial charge in [-0.2, -0.15) is 0 Å². The maximum atomic E-state index is 11.9. The number of esters is 3. The average molecular weight is 356 g/mol. The SMILES string of the molecule is COC(=O)c1ccc(CCC(=O)OCc2ccccc2)cc1C(=O)OC. The fourth-order valence-corrected chi connectivity index (χ4v) is 2.37. The first kappa shape index (κ1) is 19.2. The summed E-state index contributed by atoms with van der Waals surface area (Å²) in [4.78, 5) is 35.5. The summed E-state index contributed by atoms with van der Waals surface area (Å²) in [5, 5.41) is 0. The Morgan fingerprint density at radius 3 is 2.12 bits per heavy atom. The van der Waals surface area contributed by atoms with Gasteiger partial charge in [0.25, 0.3) is 0 Å². The van der Waals surface area contributed by atoms with Gasteiger partial charge in [-0.3, -0.25) is 4.79 Å². The maximum absolute atomic E-state index is 11.9. The molecule has 0 bridgehead atoms. The summed E-state index contributed by atoms with van der Waals surface area (Å²) in [6.07, 6.45) is 0.532. The molecule has 0 aliphatic carbocycles. The molecule has 2 rings (SSSR count). The van der Waals surface area contributed by atoms with Crippen LogP contribution in [0.2, 0.25) is 0 Å². The molecule has 0 fully saturated rings. The van der Waals surface area contributed by atoms with E-state index in [0.29, 0.717) is 6.42 Å². The van der Waals surface area contributed by atoms with Crippen LogP contribution in [0.15, 0.2) is 48.5 Å². The molecule has 26 heavy (non-hydrogen) atoms. The molecule has 0 amide bonds. The van der Waals surface area contributed by atoms with Crippen molar-refractivity contribution in [2.24, 2.45) is 0 Å². The molecule has 0 heterocycles. The quantitative estimate of drug-likeness (QED) is 0.561. The average Bonchev–Trinajstić information content (AvgIpc) is 2.70. The molecule has 0 atom stereocenters. The van der Waals surface area contributed by atoms with Crippen molar-refractivity contribution in [1.82, 2.24) is 0 Å². The van der Waals surface area contributed by atoms with E-state index in [1.165, 1.54) is 26.4 Å². The summed E-state index contributed by atoms with van der Waals surface area (Å²) in [7, 11) is 2.47. The first-order chi connectivity index (χ1) is 12.5. The lowest BCUT2D eigenvalue weighted by atomic mass is 10.0. The van der Waals surface area contributed by atoms with Gasteiger partial charge in [-0.05, 0) is 29.7 Å². The largest absolute Gasteiger partial charge is 0.465 e. The Kier molecular flexibility index (Phi) is 6.91. The van der Waals surface area contributed by atoms with E-state index >= 15 is 0 Å². The summed E-state index contributed by atoms with van der Waals surface area (Å²) in [5.74, 6) is -1.61. The number of ether oxygens (including phenoxy) is 3. The van der Waals surface area contributed by atoms with Gasteiger partial charge in [0.2, 0.25) is 0 Å². The predicted octanol–water partition coefficient (Wildman–Crippen LogP) is 2.94. The highest BCUT2D eigenvalue weighted by Crippen LogP contribution is 2.16. The molecular formula is C20H20O6. The molecule has 0 spiro atoms. The van der Waals surface area contributed by atoms with E-state index in [1.807, 2.05) is 30.3 Å². The van der Waals surface area contributed by atoms with E-state index in [9.17, 15) is 14.4 Å². The zero-order valence-electron chi connectivity index (χ0n) is 14.7. The highest BCUT2D eigenvalue weighted by Gasteiger charge is 2.19. The van der Waals surface area contributed by atoms with Gasteiger partial charge >= 0.3 is 17.9 Å². The van der Waals surface area contributed by atoms with Gasteiger partial charge in [0.15, 0.2) is 0 Å². The fraction of sp³-hybridized carbons (Fsp3) is 0.250. The van der Waals surface area contributed by atoms with Crippen LogP contribution in [0.1, 0.15) is 38.3 Å². The standard InChI is InChI=1S/C20H20O6/c1-24-19(22)16-10-8-14(12-17(16)20(23)25-2)9-11-18(21)26-13-15-6-4-3-5-7-15/h3-8,10,12H,9,11,13H2,1-2H3. The zero-order valence-corrected chi connectivity index (χ0v) is 14.7. The summed E-state index contributed by atoms with van der Waals surface area (Å²) in [6.45, 7) is 0.217. The summed E-state index contributed by atoms with van der Waals surface area (Å²) in [5.41, 5.74) is 1.86. The number of hydrogen-bond acceptors (Lipinski definition) is 6. The summed E-state index contributed by atoms with van der Waals surface area (Å²) < 4.78 is 14.6. The number of carbonyl (C=O) groups is 3. The second-order valence-corrected chi connectivity index (χ2v) is 5.51. The van der Waals surface area contributed by atoms with Crippen LogP contribution < -0.4 is 0 Å². The molecule has 0 aliphatic rings. The van der Waals surface area contributed by atoms with Crippen LogP contribution in [-0.4, -0.2) is 32.1 Å². The Labute approximate surface area is 151 Å². The number of hydrogen-bond donors (Lipinski definition) is 0. The van der Waals surface area contributed by atoms with Crippen molar-refractivity contribution in [1.29, 1.82) is 0 Å². The Morgan fingerprint density at radius 1 is 0.808 bits per heavy atom. The number of aryl methyl sites for hydroxylation is 1. The lowest BCUT2D eigenvalue weighted by molar-refractivity contribution is -0.144. The molecular weight excluding hydrogens is 336 g/mol. The van der Waals surface area contributed by atoms with Crippen LogP contribution in [0.5, 0.6) is 0 Å². The first-order valence-corrected chi connectivity index (χ1v) is 8.04. The monoisotopic (exact) mass is 356 g/mol. The lowest BCUT2D eigenvalue weighted by Crippen LogP contribution is -2.13. The first-order valence-electron chi connectivity index (χ1n) is 8.04. The molecule has 6 heteroatoms. The molecule has 0 aliphatic heterocycles. The van der Waals surface area contributed by atoms with Crippen molar-refractivity contribution >= 4 is 17.9 Å². The Bertz CT molecular complexity index is 782. The van der Waals surface area contributed by atoms with Crippen molar-refractivity contribution in [3.8, 4) is 0 Å². The number of rotatable bonds is 7. The van der Waals surface area contributed by atoms with Crippen LogP contribution in [0, 0.1) is 0 Å². The second kappa shape index (κ2) is 9.36.